The molecule has 5 nitrogen and oxygen atoms in total. The first-order valence-corrected chi connectivity index (χ1v) is 6.92. The first-order valence-electron chi connectivity index (χ1n) is 6.92. The normalized spacial score (nSPS) is 14.4. The van der Waals surface area contributed by atoms with Gasteiger partial charge in [0.05, 0.1) is 11.0 Å². The number of fused-ring (bicyclic) bond motifs is 2. The van der Waals surface area contributed by atoms with Crippen LogP contribution in [0.3, 0.4) is 0 Å². The van der Waals surface area contributed by atoms with Crippen LogP contribution < -0.4 is 9.47 Å². The van der Waals surface area contributed by atoms with Gasteiger partial charge in [0.1, 0.15) is 11.9 Å². The van der Waals surface area contributed by atoms with Gasteiger partial charge in [0.15, 0.2) is 23.1 Å². The van der Waals surface area contributed by atoms with Crippen molar-refractivity contribution < 1.29 is 23.0 Å². The minimum Gasteiger partial charge on any atom is -0.454 e. The second-order valence-electron chi connectivity index (χ2n) is 5.13. The van der Waals surface area contributed by atoms with Crippen LogP contribution in [0.4, 0.5) is 8.78 Å². The lowest BCUT2D eigenvalue weighted by Gasteiger charge is -2.13. The minimum absolute atomic E-state index is 0.180. The Bertz CT molecular complexity index is 855. The Balaban J connectivity index is 1.77. The zero-order valence-electron chi connectivity index (χ0n) is 12.1. The molecule has 2 heterocycles. The van der Waals surface area contributed by atoms with Crippen LogP contribution in [0, 0.1) is 11.6 Å². The van der Waals surface area contributed by atoms with Gasteiger partial charge in [-0.25, -0.2) is 13.8 Å². The average Bonchev–Trinajstić information content (AvgIpc) is 3.15. The molecule has 1 aliphatic rings. The van der Waals surface area contributed by atoms with E-state index in [0.717, 1.165) is 17.7 Å². The number of aromatic nitrogens is 2. The molecule has 0 aliphatic carbocycles. The van der Waals surface area contributed by atoms with Crippen LogP contribution in [-0.2, 0) is 4.74 Å². The van der Waals surface area contributed by atoms with E-state index < -0.39 is 17.7 Å². The maximum atomic E-state index is 13.3. The highest BCUT2D eigenvalue weighted by molar-refractivity contribution is 5.75. The Morgan fingerprint density at radius 3 is 2.74 bits per heavy atom. The van der Waals surface area contributed by atoms with Crippen LogP contribution in [0.2, 0.25) is 0 Å². The van der Waals surface area contributed by atoms with Gasteiger partial charge in [-0.2, -0.15) is 0 Å². The van der Waals surface area contributed by atoms with E-state index in [2.05, 4.69) is 9.97 Å². The summed E-state index contributed by atoms with van der Waals surface area (Å²) < 4.78 is 42.8. The second-order valence-corrected chi connectivity index (χ2v) is 5.13. The third kappa shape index (κ3) is 2.29. The molecule has 1 unspecified atom stereocenters. The predicted molar refractivity (Wildman–Crippen MR) is 77.4 cm³/mol. The summed E-state index contributed by atoms with van der Waals surface area (Å²) >= 11 is 0. The van der Waals surface area contributed by atoms with Gasteiger partial charge in [-0.1, -0.05) is 6.07 Å². The summed E-state index contributed by atoms with van der Waals surface area (Å²) in [5, 5.41) is 0. The zero-order chi connectivity index (χ0) is 16.0. The Kier molecular flexibility index (Phi) is 3.16. The van der Waals surface area contributed by atoms with Gasteiger partial charge in [-0.05, 0) is 17.7 Å². The third-order valence-corrected chi connectivity index (χ3v) is 3.73. The van der Waals surface area contributed by atoms with E-state index in [9.17, 15) is 8.78 Å². The van der Waals surface area contributed by atoms with Crippen molar-refractivity contribution in [2.45, 2.75) is 6.10 Å². The fraction of sp³-hybridized carbons (Fsp3) is 0.188. The summed E-state index contributed by atoms with van der Waals surface area (Å²) in [6.45, 7) is 0.180. The number of nitrogens with zero attached hydrogens (tertiary/aromatic N) is 1. The molecule has 1 aliphatic heterocycles. The predicted octanol–water partition coefficient (Wildman–Crippen LogP) is 3.31. The molecule has 3 aromatic rings. The SMILES string of the molecule is COC(c1ccc2c(c1)OCO2)c1nc2cc(F)c(F)cc2[nH]1. The van der Waals surface area contributed by atoms with E-state index in [1.807, 2.05) is 6.07 Å². The molecule has 0 spiro atoms. The molecule has 0 saturated heterocycles. The van der Waals surface area contributed by atoms with Crippen molar-refractivity contribution in [1.82, 2.24) is 9.97 Å². The van der Waals surface area contributed by atoms with Crippen molar-refractivity contribution in [3.05, 3.63) is 53.4 Å². The van der Waals surface area contributed by atoms with E-state index >= 15 is 0 Å². The van der Waals surface area contributed by atoms with Crippen molar-refractivity contribution in [1.29, 1.82) is 0 Å². The van der Waals surface area contributed by atoms with Crippen LogP contribution in [0.15, 0.2) is 30.3 Å². The highest BCUT2D eigenvalue weighted by Crippen LogP contribution is 2.36. The van der Waals surface area contributed by atoms with Crippen molar-refractivity contribution >= 4 is 11.0 Å². The quantitative estimate of drug-likeness (QED) is 0.805. The molecule has 118 valence electrons. The smallest absolute Gasteiger partial charge is 0.231 e. The summed E-state index contributed by atoms with van der Waals surface area (Å²) in [5.41, 5.74) is 1.53. The van der Waals surface area contributed by atoms with E-state index in [-0.39, 0.29) is 6.79 Å². The van der Waals surface area contributed by atoms with Crippen molar-refractivity contribution in [2.75, 3.05) is 13.9 Å². The van der Waals surface area contributed by atoms with Crippen LogP contribution in [0.25, 0.3) is 11.0 Å². The zero-order valence-corrected chi connectivity index (χ0v) is 12.1. The number of rotatable bonds is 3. The fourth-order valence-corrected chi connectivity index (χ4v) is 2.63. The molecule has 7 heteroatoms. The van der Waals surface area contributed by atoms with Crippen molar-refractivity contribution in [3.63, 3.8) is 0 Å². The number of ether oxygens (including phenoxy) is 3. The molecule has 4 rings (SSSR count). The molecule has 1 atom stereocenters. The lowest BCUT2D eigenvalue weighted by Crippen LogP contribution is -2.05. The second kappa shape index (κ2) is 5.20. The lowest BCUT2D eigenvalue weighted by molar-refractivity contribution is 0.129. The van der Waals surface area contributed by atoms with Gasteiger partial charge < -0.3 is 19.2 Å². The molecule has 0 fully saturated rings. The largest absolute Gasteiger partial charge is 0.454 e. The molecule has 2 aromatic carbocycles. The standard InChI is InChI=1S/C16H12F2N2O3/c1-21-15(8-2-3-13-14(4-8)23-7-22-13)16-19-11-5-9(17)10(18)6-12(11)20-16/h2-6,15H,7H2,1H3,(H,19,20). The highest BCUT2D eigenvalue weighted by Gasteiger charge is 2.22. The molecule has 23 heavy (non-hydrogen) atoms. The van der Waals surface area contributed by atoms with Gasteiger partial charge in [0, 0.05) is 19.2 Å². The lowest BCUT2D eigenvalue weighted by atomic mass is 10.1. The maximum Gasteiger partial charge on any atom is 0.231 e. The molecule has 0 bridgehead atoms. The molecular formula is C16H12F2N2O3. The number of imidazole rings is 1. The monoisotopic (exact) mass is 318 g/mol. The van der Waals surface area contributed by atoms with Crippen LogP contribution >= 0.6 is 0 Å². The molecule has 0 radical (unpaired) electrons. The van der Waals surface area contributed by atoms with Gasteiger partial charge in [0.2, 0.25) is 6.79 Å². The van der Waals surface area contributed by atoms with E-state index in [4.69, 9.17) is 14.2 Å². The number of nitrogens with one attached hydrogen (secondary N) is 1. The highest BCUT2D eigenvalue weighted by atomic mass is 19.2. The van der Waals surface area contributed by atoms with Crippen LogP contribution in [0.5, 0.6) is 11.5 Å². The van der Waals surface area contributed by atoms with E-state index in [1.54, 1.807) is 12.1 Å². The number of halogens is 2. The number of hydrogen-bond acceptors (Lipinski definition) is 4. The van der Waals surface area contributed by atoms with E-state index in [1.165, 1.54) is 7.11 Å². The summed E-state index contributed by atoms with van der Waals surface area (Å²) in [6.07, 6.45) is -0.525. The summed E-state index contributed by atoms with van der Waals surface area (Å²) in [7, 11) is 1.53. The molecular weight excluding hydrogens is 306 g/mol. The molecule has 0 saturated carbocycles. The number of aromatic amines is 1. The Morgan fingerprint density at radius 1 is 1.13 bits per heavy atom. The van der Waals surface area contributed by atoms with Crippen LogP contribution in [0.1, 0.15) is 17.5 Å². The Hall–Kier alpha value is -2.67. The topological polar surface area (TPSA) is 56.4 Å². The van der Waals surface area contributed by atoms with Gasteiger partial charge >= 0.3 is 0 Å². The Morgan fingerprint density at radius 2 is 1.91 bits per heavy atom. The fourth-order valence-electron chi connectivity index (χ4n) is 2.63. The first-order chi connectivity index (χ1) is 11.2. The minimum atomic E-state index is -0.937. The Labute approximate surface area is 129 Å². The number of benzene rings is 2. The number of hydrogen-bond donors (Lipinski definition) is 1. The summed E-state index contributed by atoms with van der Waals surface area (Å²) in [4.78, 5) is 7.26. The van der Waals surface area contributed by atoms with Gasteiger partial charge in [-0.15, -0.1) is 0 Å². The maximum absolute atomic E-state index is 13.3. The van der Waals surface area contributed by atoms with Crippen molar-refractivity contribution in [3.8, 4) is 11.5 Å². The van der Waals surface area contributed by atoms with Crippen molar-refractivity contribution in [2.24, 2.45) is 0 Å². The van der Waals surface area contributed by atoms with E-state index in [0.29, 0.717) is 28.4 Å². The van der Waals surface area contributed by atoms with Gasteiger partial charge in [0.25, 0.3) is 0 Å². The molecule has 1 N–H and O–H groups in total. The van der Waals surface area contributed by atoms with Gasteiger partial charge in [-0.3, -0.25) is 0 Å². The number of methoxy groups -OCH3 is 1. The van der Waals surface area contributed by atoms with Crippen LogP contribution in [-0.4, -0.2) is 23.9 Å². The third-order valence-electron chi connectivity index (χ3n) is 3.73. The molecule has 0 amide bonds. The first kappa shape index (κ1) is 14.0. The average molecular weight is 318 g/mol. The number of H-pyrrole nitrogens is 1. The summed E-state index contributed by atoms with van der Waals surface area (Å²) in [6, 6.07) is 7.54. The summed E-state index contributed by atoms with van der Waals surface area (Å²) in [5.74, 6) is -0.126. The molecule has 1 aromatic heterocycles.